The Morgan fingerprint density at radius 3 is 2.94 bits per heavy atom. The molecular weight excluding hydrogens is 216 g/mol. The zero-order valence-corrected chi connectivity index (χ0v) is 10.8. The summed E-state index contributed by atoms with van der Waals surface area (Å²) in [6, 6.07) is 0. The van der Waals surface area contributed by atoms with E-state index >= 15 is 0 Å². The molecule has 3 heteroatoms. The van der Waals surface area contributed by atoms with Gasteiger partial charge in [-0.2, -0.15) is 0 Å². The molecule has 3 nitrogen and oxygen atoms in total. The maximum absolute atomic E-state index is 11.8. The summed E-state index contributed by atoms with van der Waals surface area (Å²) in [4.78, 5) is 11.8. The van der Waals surface area contributed by atoms with Crippen LogP contribution in [0, 0.1) is 11.3 Å². The fraction of sp³-hybridized carbons (Fsp3) is 0.643. The highest BCUT2D eigenvalue weighted by atomic mass is 16.5. The van der Waals surface area contributed by atoms with Gasteiger partial charge in [0.1, 0.15) is 0 Å². The topological polar surface area (TPSA) is 35.5 Å². The van der Waals surface area contributed by atoms with Crippen molar-refractivity contribution in [1.29, 1.82) is 0 Å². The minimum Gasteiger partial charge on any atom is -0.466 e. The fourth-order valence-electron chi connectivity index (χ4n) is 2.99. The van der Waals surface area contributed by atoms with Gasteiger partial charge in [0.15, 0.2) is 0 Å². The molecule has 0 amide bonds. The second-order valence-corrected chi connectivity index (χ2v) is 5.48. The fourth-order valence-corrected chi connectivity index (χ4v) is 2.99. The minimum atomic E-state index is -0.205. The summed E-state index contributed by atoms with van der Waals surface area (Å²) < 4.78 is 10.5. The lowest BCUT2D eigenvalue weighted by atomic mass is 9.73. The first-order valence-corrected chi connectivity index (χ1v) is 6.00. The number of fused-ring (bicyclic) bond motifs is 1. The molecular formula is C14H20O3. The molecule has 0 spiro atoms. The van der Waals surface area contributed by atoms with Gasteiger partial charge in [-0.3, -0.25) is 0 Å². The molecule has 2 unspecified atom stereocenters. The second-order valence-electron chi connectivity index (χ2n) is 5.48. The molecule has 1 fully saturated rings. The van der Waals surface area contributed by atoms with E-state index in [1.165, 1.54) is 12.7 Å². The Bertz CT molecular complexity index is 394. The van der Waals surface area contributed by atoms with E-state index in [2.05, 4.69) is 13.5 Å². The van der Waals surface area contributed by atoms with Crippen LogP contribution in [0.15, 0.2) is 23.3 Å². The van der Waals surface area contributed by atoms with E-state index < -0.39 is 0 Å². The average molecular weight is 236 g/mol. The van der Waals surface area contributed by atoms with Crippen molar-refractivity contribution < 1.29 is 14.3 Å². The molecule has 2 atom stereocenters. The molecule has 94 valence electrons. The molecule has 1 aliphatic heterocycles. The van der Waals surface area contributed by atoms with E-state index in [-0.39, 0.29) is 11.4 Å². The standard InChI is InChI=1S/C14H20O3/c1-9-5-10(2)12-7-17-8-14(12,3)6-11(9)13(15)16-4/h12H,2,5-8H2,1,3-4H3. The van der Waals surface area contributed by atoms with Crippen molar-refractivity contribution in [3.63, 3.8) is 0 Å². The molecule has 2 rings (SSSR count). The summed E-state index contributed by atoms with van der Waals surface area (Å²) in [6.07, 6.45) is 1.52. The molecule has 1 saturated heterocycles. The highest BCUT2D eigenvalue weighted by Crippen LogP contribution is 2.47. The van der Waals surface area contributed by atoms with Gasteiger partial charge in [0, 0.05) is 16.9 Å². The predicted molar refractivity (Wildman–Crippen MR) is 65.5 cm³/mol. The summed E-state index contributed by atoms with van der Waals surface area (Å²) in [5.74, 6) is 0.156. The quantitative estimate of drug-likeness (QED) is 0.518. The summed E-state index contributed by atoms with van der Waals surface area (Å²) >= 11 is 0. The lowest BCUT2D eigenvalue weighted by Gasteiger charge is -2.28. The third-order valence-electron chi connectivity index (χ3n) is 4.07. The van der Waals surface area contributed by atoms with Crippen LogP contribution in [0.4, 0.5) is 0 Å². The van der Waals surface area contributed by atoms with Crippen LogP contribution in [0.1, 0.15) is 26.7 Å². The number of ether oxygens (including phenoxy) is 2. The van der Waals surface area contributed by atoms with E-state index in [1.807, 2.05) is 6.92 Å². The molecule has 17 heavy (non-hydrogen) atoms. The lowest BCUT2D eigenvalue weighted by molar-refractivity contribution is -0.136. The first-order valence-electron chi connectivity index (χ1n) is 6.00. The van der Waals surface area contributed by atoms with Crippen molar-refractivity contribution in [3.05, 3.63) is 23.3 Å². The Kier molecular flexibility index (Phi) is 3.13. The Morgan fingerprint density at radius 1 is 1.59 bits per heavy atom. The van der Waals surface area contributed by atoms with Crippen molar-refractivity contribution in [2.45, 2.75) is 26.7 Å². The number of esters is 1. The molecule has 0 bridgehead atoms. The van der Waals surface area contributed by atoms with E-state index in [4.69, 9.17) is 9.47 Å². The van der Waals surface area contributed by atoms with Gasteiger partial charge >= 0.3 is 5.97 Å². The zero-order chi connectivity index (χ0) is 12.6. The van der Waals surface area contributed by atoms with E-state index in [9.17, 15) is 4.79 Å². The number of rotatable bonds is 1. The van der Waals surface area contributed by atoms with E-state index in [0.29, 0.717) is 12.5 Å². The van der Waals surface area contributed by atoms with Crippen molar-refractivity contribution >= 4 is 5.97 Å². The molecule has 0 N–H and O–H groups in total. The monoisotopic (exact) mass is 236 g/mol. The highest BCUT2D eigenvalue weighted by molar-refractivity contribution is 5.89. The lowest BCUT2D eigenvalue weighted by Crippen LogP contribution is -2.27. The molecule has 1 aliphatic carbocycles. The molecule has 0 radical (unpaired) electrons. The van der Waals surface area contributed by atoms with Gasteiger partial charge in [-0.1, -0.05) is 24.6 Å². The predicted octanol–water partition coefficient (Wildman–Crippen LogP) is 2.48. The number of hydrogen-bond acceptors (Lipinski definition) is 3. The highest BCUT2D eigenvalue weighted by Gasteiger charge is 2.44. The smallest absolute Gasteiger partial charge is 0.333 e. The molecule has 2 aliphatic rings. The van der Waals surface area contributed by atoms with Gasteiger partial charge in [0.05, 0.1) is 20.3 Å². The Balaban J connectivity index is 2.37. The first kappa shape index (κ1) is 12.4. The van der Waals surface area contributed by atoms with Gasteiger partial charge in [-0.05, 0) is 19.8 Å². The maximum Gasteiger partial charge on any atom is 0.333 e. The van der Waals surface area contributed by atoms with Crippen LogP contribution >= 0.6 is 0 Å². The first-order chi connectivity index (χ1) is 7.98. The van der Waals surface area contributed by atoms with Crippen molar-refractivity contribution in [3.8, 4) is 0 Å². The number of methoxy groups -OCH3 is 1. The Labute approximate surface area is 102 Å². The molecule has 0 aromatic heterocycles. The number of carbonyl (C=O) groups excluding carboxylic acids is 1. The Morgan fingerprint density at radius 2 is 2.29 bits per heavy atom. The van der Waals surface area contributed by atoms with Crippen LogP contribution in [-0.4, -0.2) is 26.3 Å². The van der Waals surface area contributed by atoms with Gasteiger partial charge < -0.3 is 9.47 Å². The van der Waals surface area contributed by atoms with Crippen molar-refractivity contribution in [2.75, 3.05) is 20.3 Å². The second kappa shape index (κ2) is 4.30. The number of carbonyl (C=O) groups is 1. The van der Waals surface area contributed by atoms with Crippen LogP contribution in [0.3, 0.4) is 0 Å². The average Bonchev–Trinajstić information content (AvgIpc) is 2.63. The molecule has 1 heterocycles. The van der Waals surface area contributed by atoms with Crippen LogP contribution in [-0.2, 0) is 14.3 Å². The molecule has 0 saturated carbocycles. The summed E-state index contributed by atoms with van der Waals surface area (Å²) in [5.41, 5.74) is 3.08. The van der Waals surface area contributed by atoms with Crippen LogP contribution in [0.5, 0.6) is 0 Å². The number of hydrogen-bond donors (Lipinski definition) is 0. The largest absolute Gasteiger partial charge is 0.466 e. The van der Waals surface area contributed by atoms with Crippen LogP contribution in [0.25, 0.3) is 0 Å². The zero-order valence-electron chi connectivity index (χ0n) is 10.8. The van der Waals surface area contributed by atoms with Gasteiger partial charge in [0.25, 0.3) is 0 Å². The third-order valence-corrected chi connectivity index (χ3v) is 4.07. The molecule has 0 aromatic carbocycles. The normalized spacial score (nSPS) is 33.4. The van der Waals surface area contributed by atoms with Crippen LogP contribution < -0.4 is 0 Å². The summed E-state index contributed by atoms with van der Waals surface area (Å²) in [5, 5.41) is 0. The Hall–Kier alpha value is -1.09. The van der Waals surface area contributed by atoms with Crippen molar-refractivity contribution in [1.82, 2.24) is 0 Å². The maximum atomic E-state index is 11.8. The van der Waals surface area contributed by atoms with Gasteiger partial charge in [0.2, 0.25) is 0 Å². The van der Waals surface area contributed by atoms with E-state index in [0.717, 1.165) is 30.6 Å². The summed E-state index contributed by atoms with van der Waals surface area (Å²) in [6.45, 7) is 9.78. The SMILES string of the molecule is C=C1CC(C)=C(C(=O)OC)CC2(C)COCC12. The minimum absolute atomic E-state index is 0.00162. The van der Waals surface area contributed by atoms with Crippen molar-refractivity contribution in [2.24, 2.45) is 11.3 Å². The molecule has 0 aromatic rings. The van der Waals surface area contributed by atoms with Gasteiger partial charge in [-0.15, -0.1) is 0 Å². The number of allylic oxidation sites excluding steroid dienone is 1. The summed E-state index contributed by atoms with van der Waals surface area (Å²) in [7, 11) is 1.44. The van der Waals surface area contributed by atoms with Crippen LogP contribution in [0.2, 0.25) is 0 Å². The third kappa shape index (κ3) is 2.04. The van der Waals surface area contributed by atoms with E-state index in [1.54, 1.807) is 0 Å². The van der Waals surface area contributed by atoms with Gasteiger partial charge in [-0.25, -0.2) is 4.79 Å².